The minimum atomic E-state index is -0.331. The summed E-state index contributed by atoms with van der Waals surface area (Å²) in [5.41, 5.74) is 0.883. The van der Waals surface area contributed by atoms with Crippen LogP contribution in [0.4, 0.5) is 5.69 Å². The molecule has 0 aliphatic rings. The van der Waals surface area contributed by atoms with Crippen LogP contribution in [-0.4, -0.2) is 11.5 Å². The summed E-state index contributed by atoms with van der Waals surface area (Å²) in [6.45, 7) is 2.94. The third-order valence-electron chi connectivity index (χ3n) is 3.21. The van der Waals surface area contributed by atoms with E-state index in [1.54, 1.807) is 29.5 Å². The normalized spacial score (nSPS) is 12.3. The Labute approximate surface area is 132 Å². The smallest absolute Gasteiger partial charge is 0.272 e. The molecule has 4 nitrogen and oxygen atoms in total. The van der Waals surface area contributed by atoms with E-state index in [0.717, 1.165) is 23.4 Å². The van der Waals surface area contributed by atoms with Crippen molar-refractivity contribution in [3.05, 3.63) is 61.3 Å². The molecule has 1 heterocycles. The van der Waals surface area contributed by atoms with Gasteiger partial charge in [-0.15, -0.1) is 11.3 Å². The van der Waals surface area contributed by atoms with E-state index in [-0.39, 0.29) is 16.7 Å². The number of benzene rings is 1. The van der Waals surface area contributed by atoms with Crippen molar-refractivity contribution < 1.29 is 4.92 Å². The molecule has 0 bridgehead atoms. The first-order valence-corrected chi connectivity index (χ1v) is 8.07. The molecular formula is C15H17ClN2O2S. The minimum Gasteiger partial charge on any atom is -0.309 e. The summed E-state index contributed by atoms with van der Waals surface area (Å²) >= 11 is 7.80. The zero-order chi connectivity index (χ0) is 15.2. The van der Waals surface area contributed by atoms with Crippen LogP contribution in [0.3, 0.4) is 0 Å². The van der Waals surface area contributed by atoms with E-state index in [2.05, 4.69) is 12.2 Å². The van der Waals surface area contributed by atoms with Gasteiger partial charge in [0.05, 0.1) is 9.95 Å². The zero-order valence-electron chi connectivity index (χ0n) is 11.7. The Bertz CT molecular complexity index is 615. The van der Waals surface area contributed by atoms with E-state index in [1.807, 2.05) is 17.5 Å². The third kappa shape index (κ3) is 4.03. The number of hydrogen-bond donors (Lipinski definition) is 1. The molecule has 1 N–H and O–H groups in total. The molecule has 2 rings (SSSR count). The van der Waals surface area contributed by atoms with Gasteiger partial charge in [0.25, 0.3) is 5.69 Å². The first-order valence-electron chi connectivity index (χ1n) is 6.82. The molecule has 0 aliphatic heterocycles. The fourth-order valence-corrected chi connectivity index (χ4v) is 3.48. The SMILES string of the molecule is CCCNC(Cc1ccccc1[N+](=O)[O-])c1sccc1Cl. The number of hydrogen-bond acceptors (Lipinski definition) is 4. The van der Waals surface area contributed by atoms with Crippen LogP contribution >= 0.6 is 22.9 Å². The van der Waals surface area contributed by atoms with Gasteiger partial charge in [0, 0.05) is 22.5 Å². The molecular weight excluding hydrogens is 308 g/mol. The number of para-hydroxylation sites is 1. The number of thiophene rings is 1. The Balaban J connectivity index is 2.27. The molecule has 1 atom stereocenters. The van der Waals surface area contributed by atoms with Crippen molar-refractivity contribution in [2.75, 3.05) is 6.54 Å². The number of nitrogens with zero attached hydrogens (tertiary/aromatic N) is 1. The Morgan fingerprint density at radius 2 is 2.14 bits per heavy atom. The fourth-order valence-electron chi connectivity index (χ4n) is 2.21. The topological polar surface area (TPSA) is 55.2 Å². The number of halogens is 1. The molecule has 1 aromatic heterocycles. The van der Waals surface area contributed by atoms with E-state index in [4.69, 9.17) is 11.6 Å². The summed E-state index contributed by atoms with van der Waals surface area (Å²) in [6.07, 6.45) is 1.55. The lowest BCUT2D eigenvalue weighted by Crippen LogP contribution is -2.23. The van der Waals surface area contributed by atoms with Gasteiger partial charge in [-0.05, 0) is 30.8 Å². The van der Waals surface area contributed by atoms with Crippen molar-refractivity contribution >= 4 is 28.6 Å². The van der Waals surface area contributed by atoms with E-state index in [9.17, 15) is 10.1 Å². The highest BCUT2D eigenvalue weighted by atomic mass is 35.5. The molecule has 1 unspecified atom stereocenters. The van der Waals surface area contributed by atoms with Crippen molar-refractivity contribution in [1.82, 2.24) is 5.32 Å². The summed E-state index contributed by atoms with van der Waals surface area (Å²) in [5.74, 6) is 0. The van der Waals surface area contributed by atoms with Crippen LogP contribution in [0, 0.1) is 10.1 Å². The Hall–Kier alpha value is -1.43. The van der Waals surface area contributed by atoms with Crippen LogP contribution in [0.15, 0.2) is 35.7 Å². The molecule has 112 valence electrons. The number of nitrogens with one attached hydrogen (secondary N) is 1. The van der Waals surface area contributed by atoms with Crippen molar-refractivity contribution in [2.45, 2.75) is 25.8 Å². The van der Waals surface area contributed by atoms with Gasteiger partial charge in [-0.3, -0.25) is 10.1 Å². The quantitative estimate of drug-likeness (QED) is 0.598. The van der Waals surface area contributed by atoms with Crippen LogP contribution in [0.5, 0.6) is 0 Å². The summed E-state index contributed by atoms with van der Waals surface area (Å²) in [7, 11) is 0. The van der Waals surface area contributed by atoms with Gasteiger partial charge in [-0.1, -0.05) is 36.7 Å². The average molecular weight is 325 g/mol. The van der Waals surface area contributed by atoms with E-state index in [0.29, 0.717) is 11.4 Å². The lowest BCUT2D eigenvalue weighted by Gasteiger charge is -2.18. The summed E-state index contributed by atoms with van der Waals surface area (Å²) in [4.78, 5) is 11.8. The first-order chi connectivity index (χ1) is 10.1. The maximum absolute atomic E-state index is 11.1. The van der Waals surface area contributed by atoms with Gasteiger partial charge < -0.3 is 5.32 Å². The van der Waals surface area contributed by atoms with Gasteiger partial charge in [0.15, 0.2) is 0 Å². The van der Waals surface area contributed by atoms with Gasteiger partial charge in [0.1, 0.15) is 0 Å². The highest BCUT2D eigenvalue weighted by Crippen LogP contribution is 2.32. The minimum absolute atomic E-state index is 0.00134. The highest BCUT2D eigenvalue weighted by Gasteiger charge is 2.21. The van der Waals surface area contributed by atoms with Crippen molar-refractivity contribution in [1.29, 1.82) is 0 Å². The molecule has 0 aliphatic carbocycles. The molecule has 1 aromatic carbocycles. The fraction of sp³-hybridized carbons (Fsp3) is 0.333. The molecule has 2 aromatic rings. The second-order valence-corrected chi connectivity index (χ2v) is 6.08. The first kappa shape index (κ1) is 15.9. The Morgan fingerprint density at radius 3 is 2.76 bits per heavy atom. The largest absolute Gasteiger partial charge is 0.309 e. The molecule has 0 fully saturated rings. The molecule has 0 saturated carbocycles. The molecule has 0 saturated heterocycles. The molecule has 0 radical (unpaired) electrons. The van der Waals surface area contributed by atoms with Crippen LogP contribution in [-0.2, 0) is 6.42 Å². The van der Waals surface area contributed by atoms with Crippen LogP contribution in [0.2, 0.25) is 5.02 Å². The predicted octanol–water partition coefficient (Wildman–Crippen LogP) is 4.59. The van der Waals surface area contributed by atoms with Gasteiger partial charge in [-0.2, -0.15) is 0 Å². The summed E-state index contributed by atoms with van der Waals surface area (Å²) in [5, 5.41) is 17.2. The third-order valence-corrected chi connectivity index (χ3v) is 4.69. The second kappa shape index (κ2) is 7.54. The number of nitro groups is 1. The van der Waals surface area contributed by atoms with Crippen molar-refractivity contribution in [3.8, 4) is 0 Å². The van der Waals surface area contributed by atoms with E-state index in [1.165, 1.54) is 0 Å². The highest BCUT2D eigenvalue weighted by molar-refractivity contribution is 7.10. The molecule has 21 heavy (non-hydrogen) atoms. The lowest BCUT2D eigenvalue weighted by molar-refractivity contribution is -0.385. The zero-order valence-corrected chi connectivity index (χ0v) is 13.3. The van der Waals surface area contributed by atoms with Crippen molar-refractivity contribution in [3.63, 3.8) is 0 Å². The summed E-state index contributed by atoms with van der Waals surface area (Å²) in [6, 6.07) is 8.73. The predicted molar refractivity (Wildman–Crippen MR) is 87.2 cm³/mol. The second-order valence-electron chi connectivity index (χ2n) is 4.73. The average Bonchev–Trinajstić information content (AvgIpc) is 2.90. The van der Waals surface area contributed by atoms with Gasteiger partial charge in [-0.25, -0.2) is 0 Å². The lowest BCUT2D eigenvalue weighted by atomic mass is 10.0. The molecule has 0 amide bonds. The number of nitro benzene ring substituents is 1. The van der Waals surface area contributed by atoms with Gasteiger partial charge >= 0.3 is 0 Å². The molecule has 6 heteroatoms. The van der Waals surface area contributed by atoms with E-state index >= 15 is 0 Å². The van der Waals surface area contributed by atoms with Crippen LogP contribution < -0.4 is 5.32 Å². The van der Waals surface area contributed by atoms with Gasteiger partial charge in [0.2, 0.25) is 0 Å². The summed E-state index contributed by atoms with van der Waals surface area (Å²) < 4.78 is 0. The monoisotopic (exact) mass is 324 g/mol. The molecule has 0 spiro atoms. The maximum atomic E-state index is 11.1. The maximum Gasteiger partial charge on any atom is 0.272 e. The van der Waals surface area contributed by atoms with Crippen LogP contribution in [0.25, 0.3) is 0 Å². The van der Waals surface area contributed by atoms with Crippen LogP contribution in [0.1, 0.15) is 29.8 Å². The number of rotatable bonds is 7. The van der Waals surface area contributed by atoms with Crippen molar-refractivity contribution in [2.24, 2.45) is 0 Å². The van der Waals surface area contributed by atoms with E-state index < -0.39 is 0 Å². The standard InChI is InChI=1S/C15H17ClN2O2S/c1-2-8-17-13(15-12(16)7-9-21-15)10-11-5-3-4-6-14(11)18(19)20/h3-7,9,13,17H,2,8,10H2,1H3. The Morgan fingerprint density at radius 1 is 1.38 bits per heavy atom. The Kier molecular flexibility index (Phi) is 5.73.